The van der Waals surface area contributed by atoms with Crippen LogP contribution in [0.15, 0.2) is 48.8 Å². The number of aryl methyl sites for hydroxylation is 2. The lowest BCUT2D eigenvalue weighted by Gasteiger charge is -2.20. The van der Waals surface area contributed by atoms with E-state index in [0.29, 0.717) is 18.7 Å². The van der Waals surface area contributed by atoms with Gasteiger partial charge in [0.15, 0.2) is 0 Å². The Morgan fingerprint density at radius 1 is 1.26 bits per heavy atom. The van der Waals surface area contributed by atoms with Gasteiger partial charge in [0.25, 0.3) is 5.91 Å². The summed E-state index contributed by atoms with van der Waals surface area (Å²) < 4.78 is 12.9. The quantitative estimate of drug-likeness (QED) is 0.843. The van der Waals surface area contributed by atoms with Gasteiger partial charge in [0.1, 0.15) is 5.82 Å². The number of carbonyl (C=O) groups excluding carboxylic acids is 1. The van der Waals surface area contributed by atoms with Crippen molar-refractivity contribution in [2.24, 2.45) is 0 Å². The summed E-state index contributed by atoms with van der Waals surface area (Å²) in [7, 11) is 0. The average molecular weight is 370 g/mol. The van der Waals surface area contributed by atoms with Crippen molar-refractivity contribution >= 4 is 5.91 Å². The van der Waals surface area contributed by atoms with Gasteiger partial charge in [-0.25, -0.2) is 9.82 Å². The van der Waals surface area contributed by atoms with Gasteiger partial charge in [0.2, 0.25) is 0 Å². The molecular weight excluding hydrogens is 343 g/mol. The lowest BCUT2D eigenvalue weighted by Crippen LogP contribution is -2.38. The molecule has 27 heavy (non-hydrogen) atoms. The molecule has 0 bridgehead atoms. The second kappa shape index (κ2) is 9.83. The maximum absolute atomic E-state index is 12.9. The molecule has 0 fully saturated rings. The summed E-state index contributed by atoms with van der Waals surface area (Å²) in [5, 5.41) is 4.82. The summed E-state index contributed by atoms with van der Waals surface area (Å²) in [5.41, 5.74) is 6.73. The Hall–Kier alpha value is -2.73. The number of carbonyl (C=O) groups is 1. The van der Waals surface area contributed by atoms with Crippen molar-refractivity contribution < 1.29 is 9.18 Å². The number of rotatable bonds is 5. The Morgan fingerprint density at radius 3 is 2.74 bits per heavy atom. The summed E-state index contributed by atoms with van der Waals surface area (Å²) in [6.45, 7) is 9.02. The first-order chi connectivity index (χ1) is 13.0. The number of aromatic nitrogens is 1. The van der Waals surface area contributed by atoms with Crippen LogP contribution in [-0.4, -0.2) is 29.0 Å². The average Bonchev–Trinajstić information content (AvgIpc) is 3.14. The van der Waals surface area contributed by atoms with E-state index >= 15 is 0 Å². The predicted octanol–water partition coefficient (Wildman–Crippen LogP) is 3.67. The van der Waals surface area contributed by atoms with Gasteiger partial charge < -0.3 is 10.3 Å². The summed E-state index contributed by atoms with van der Waals surface area (Å²) in [4.78, 5) is 16.4. The molecule has 2 heterocycles. The van der Waals surface area contributed by atoms with Crippen molar-refractivity contribution in [3.8, 4) is 0 Å². The monoisotopic (exact) mass is 370 g/mol. The van der Waals surface area contributed by atoms with Gasteiger partial charge in [-0.3, -0.25) is 9.78 Å². The van der Waals surface area contributed by atoms with Crippen LogP contribution < -0.4 is 10.7 Å². The van der Waals surface area contributed by atoms with Crippen LogP contribution in [0.2, 0.25) is 0 Å². The second-order valence-electron chi connectivity index (χ2n) is 6.12. The fraction of sp³-hybridized carbons (Fsp3) is 0.333. The molecule has 2 aromatic rings. The van der Waals surface area contributed by atoms with Gasteiger partial charge >= 0.3 is 0 Å². The second-order valence-corrected chi connectivity index (χ2v) is 6.12. The van der Waals surface area contributed by atoms with Crippen LogP contribution in [0.4, 0.5) is 4.39 Å². The van der Waals surface area contributed by atoms with Gasteiger partial charge in [-0.15, -0.1) is 0 Å². The zero-order valence-corrected chi connectivity index (χ0v) is 16.3. The van der Waals surface area contributed by atoms with E-state index in [-0.39, 0.29) is 17.8 Å². The van der Waals surface area contributed by atoms with Crippen LogP contribution in [0.3, 0.4) is 0 Å². The number of hydrogen-bond acceptors (Lipinski definition) is 4. The molecule has 1 aromatic carbocycles. The molecule has 1 aromatic heterocycles. The first-order valence-corrected chi connectivity index (χ1v) is 9.21. The highest BCUT2D eigenvalue weighted by Gasteiger charge is 2.18. The number of amides is 1. The highest BCUT2D eigenvalue weighted by molar-refractivity contribution is 5.95. The third-order valence-electron chi connectivity index (χ3n) is 4.11. The van der Waals surface area contributed by atoms with Crippen molar-refractivity contribution in [1.29, 1.82) is 0 Å². The zero-order valence-electron chi connectivity index (χ0n) is 16.3. The topological polar surface area (TPSA) is 57.3 Å². The van der Waals surface area contributed by atoms with E-state index in [1.807, 2.05) is 63.2 Å². The van der Waals surface area contributed by atoms with Crippen LogP contribution in [0.1, 0.15) is 47.1 Å². The van der Waals surface area contributed by atoms with Crippen LogP contribution in [0, 0.1) is 19.7 Å². The van der Waals surface area contributed by atoms with Gasteiger partial charge in [-0.05, 0) is 43.7 Å². The summed E-state index contributed by atoms with van der Waals surface area (Å²) in [5.74, 6) is -0.419. The molecule has 0 aliphatic carbocycles. The molecule has 6 heteroatoms. The molecule has 0 spiro atoms. The van der Waals surface area contributed by atoms with Gasteiger partial charge in [0, 0.05) is 18.3 Å². The van der Waals surface area contributed by atoms with Crippen LogP contribution in [-0.2, 0) is 0 Å². The van der Waals surface area contributed by atoms with E-state index < -0.39 is 0 Å². The smallest absolute Gasteiger partial charge is 0.251 e. The Balaban J connectivity index is 0.00000126. The number of nitrogens with one attached hydrogen (secondary N) is 2. The molecule has 0 radical (unpaired) electrons. The van der Waals surface area contributed by atoms with E-state index in [2.05, 4.69) is 15.7 Å². The minimum atomic E-state index is -0.350. The molecule has 1 aliphatic heterocycles. The summed E-state index contributed by atoms with van der Waals surface area (Å²) >= 11 is 0. The van der Waals surface area contributed by atoms with Crippen LogP contribution in [0.5, 0.6) is 0 Å². The molecule has 0 saturated carbocycles. The molecule has 1 amide bonds. The fourth-order valence-corrected chi connectivity index (χ4v) is 2.70. The maximum atomic E-state index is 12.9. The molecule has 2 N–H and O–H groups in total. The summed E-state index contributed by atoms with van der Waals surface area (Å²) in [6.07, 6.45) is 5.06. The minimum Gasteiger partial charge on any atom is -0.350 e. The van der Waals surface area contributed by atoms with Crippen molar-refractivity contribution in [3.63, 3.8) is 0 Å². The standard InChI is InChI=1S/C19H21FN4O.C2H6/c1-13-3-4-14(2)16(11-13)19(25)21-8-10-24-9-7-18(23-24)17-6-5-15(20)12-22-17;1-2/h3-7,9,11-12,18,23H,8,10H2,1-2H3,(H,21,25);1-2H3. The first kappa shape index (κ1) is 20.6. The van der Waals surface area contributed by atoms with Crippen LogP contribution >= 0.6 is 0 Å². The lowest BCUT2D eigenvalue weighted by molar-refractivity contribution is 0.0948. The van der Waals surface area contributed by atoms with Crippen molar-refractivity contribution in [1.82, 2.24) is 20.7 Å². The number of hydrazine groups is 1. The third kappa shape index (κ3) is 5.62. The largest absolute Gasteiger partial charge is 0.350 e. The Morgan fingerprint density at radius 2 is 2.04 bits per heavy atom. The van der Waals surface area contributed by atoms with Crippen molar-refractivity contribution in [3.05, 3.63) is 77.0 Å². The number of pyridine rings is 1. The number of nitrogens with zero attached hydrogens (tertiary/aromatic N) is 2. The normalized spacial score (nSPS) is 15.3. The molecular formula is C21H27FN4O. The van der Waals surface area contributed by atoms with Crippen LogP contribution in [0.25, 0.3) is 0 Å². The fourth-order valence-electron chi connectivity index (χ4n) is 2.70. The maximum Gasteiger partial charge on any atom is 0.251 e. The third-order valence-corrected chi connectivity index (χ3v) is 4.11. The highest BCUT2D eigenvalue weighted by atomic mass is 19.1. The van der Waals surface area contributed by atoms with Gasteiger partial charge in [-0.2, -0.15) is 0 Å². The first-order valence-electron chi connectivity index (χ1n) is 9.21. The van der Waals surface area contributed by atoms with Gasteiger partial charge in [-0.1, -0.05) is 31.5 Å². The molecule has 0 saturated heterocycles. The molecule has 1 atom stereocenters. The number of halogens is 1. The van der Waals surface area contributed by atoms with E-state index in [1.54, 1.807) is 6.07 Å². The number of benzene rings is 1. The highest BCUT2D eigenvalue weighted by Crippen LogP contribution is 2.17. The predicted molar refractivity (Wildman–Crippen MR) is 106 cm³/mol. The van der Waals surface area contributed by atoms with Crippen molar-refractivity contribution in [2.75, 3.05) is 13.1 Å². The molecule has 1 aliphatic rings. The van der Waals surface area contributed by atoms with E-state index in [4.69, 9.17) is 0 Å². The molecule has 144 valence electrons. The van der Waals surface area contributed by atoms with E-state index in [9.17, 15) is 9.18 Å². The molecule has 1 unspecified atom stereocenters. The Kier molecular flexibility index (Phi) is 7.49. The van der Waals surface area contributed by atoms with Crippen molar-refractivity contribution in [2.45, 2.75) is 33.7 Å². The Bertz CT molecular complexity index is 789. The van der Waals surface area contributed by atoms with E-state index in [0.717, 1.165) is 16.8 Å². The summed E-state index contributed by atoms with van der Waals surface area (Å²) in [6, 6.07) is 8.81. The molecule has 5 nitrogen and oxygen atoms in total. The minimum absolute atomic E-state index is 0.0684. The van der Waals surface area contributed by atoms with E-state index in [1.165, 1.54) is 12.3 Å². The Labute approximate surface area is 160 Å². The molecule has 3 rings (SSSR count). The number of hydrogen-bond donors (Lipinski definition) is 2. The van der Waals surface area contributed by atoms with Gasteiger partial charge in [0.05, 0.1) is 24.5 Å². The zero-order chi connectivity index (χ0) is 19.8. The SMILES string of the molecule is CC.Cc1ccc(C)c(C(=O)NCCN2C=CC(c3ccc(F)cn3)N2)c1. The lowest BCUT2D eigenvalue weighted by atomic mass is 10.1.